The summed E-state index contributed by atoms with van der Waals surface area (Å²) < 4.78 is 35.9. The number of rotatable bonds is 16. The highest BCUT2D eigenvalue weighted by atomic mass is 32.3. The standard InChI is InChI=1S/C16H32N.C12H26O4S/c1-3-17(4-2,15-11-7-5-8-12-15)16-13-9-6-10-14-16;1-2-3-4-5-6-7-8-9-10-11-12-16-17(13,14)15/h15-16H,3-14H2,1-2H3;2-12H2,1H3,(H,13,14,15)/q+1;/p-1. The Labute approximate surface area is 213 Å². The van der Waals surface area contributed by atoms with E-state index in [4.69, 9.17) is 0 Å². The first-order valence-electron chi connectivity index (χ1n) is 14.9. The van der Waals surface area contributed by atoms with Gasteiger partial charge in [0, 0.05) is 0 Å². The fourth-order valence-electron chi connectivity index (χ4n) is 6.50. The quantitative estimate of drug-likeness (QED) is 0.0929. The molecule has 0 N–H and O–H groups in total. The Morgan fingerprint density at radius 3 is 1.38 bits per heavy atom. The van der Waals surface area contributed by atoms with Gasteiger partial charge >= 0.3 is 0 Å². The Morgan fingerprint density at radius 2 is 1.03 bits per heavy atom. The van der Waals surface area contributed by atoms with E-state index in [0.29, 0.717) is 6.42 Å². The van der Waals surface area contributed by atoms with Crippen molar-refractivity contribution in [1.82, 2.24) is 0 Å². The normalized spacial score (nSPS) is 18.5. The molecular weight excluding hydrogens is 446 g/mol. The SMILES string of the molecule is CCCCCCCCCCCCOS(=O)(=O)[O-].CC[N+](CC)(C1CCCCC1)C1CCCCC1. The van der Waals surface area contributed by atoms with Gasteiger partial charge in [0.05, 0.1) is 31.8 Å². The van der Waals surface area contributed by atoms with Crippen LogP contribution >= 0.6 is 0 Å². The lowest BCUT2D eigenvalue weighted by Crippen LogP contribution is -2.62. The average molecular weight is 504 g/mol. The van der Waals surface area contributed by atoms with Gasteiger partial charge in [-0.05, 0) is 71.6 Å². The smallest absolute Gasteiger partial charge is 0.217 e. The Balaban J connectivity index is 0.000000340. The van der Waals surface area contributed by atoms with Crippen LogP contribution in [-0.4, -0.2) is 49.2 Å². The van der Waals surface area contributed by atoms with Crippen molar-refractivity contribution in [3.8, 4) is 0 Å². The van der Waals surface area contributed by atoms with Gasteiger partial charge in [0.2, 0.25) is 10.4 Å². The summed E-state index contributed by atoms with van der Waals surface area (Å²) in [7, 11) is -4.48. The van der Waals surface area contributed by atoms with Crippen LogP contribution in [0.2, 0.25) is 0 Å². The van der Waals surface area contributed by atoms with E-state index >= 15 is 0 Å². The predicted octanol–water partition coefficient (Wildman–Crippen LogP) is 7.89. The molecule has 34 heavy (non-hydrogen) atoms. The van der Waals surface area contributed by atoms with Crippen molar-refractivity contribution < 1.29 is 21.6 Å². The summed E-state index contributed by atoms with van der Waals surface area (Å²) in [5.41, 5.74) is 0. The van der Waals surface area contributed by atoms with Gasteiger partial charge in [0.25, 0.3) is 0 Å². The monoisotopic (exact) mass is 503 g/mol. The van der Waals surface area contributed by atoms with Crippen molar-refractivity contribution in [1.29, 1.82) is 0 Å². The fourth-order valence-corrected chi connectivity index (χ4v) is 6.82. The molecule has 0 bridgehead atoms. The van der Waals surface area contributed by atoms with Crippen molar-refractivity contribution in [3.05, 3.63) is 0 Å². The summed E-state index contributed by atoms with van der Waals surface area (Å²) in [6.45, 7) is 9.91. The first-order valence-corrected chi connectivity index (χ1v) is 16.2. The number of hydrogen-bond acceptors (Lipinski definition) is 4. The second kappa shape index (κ2) is 19.0. The van der Waals surface area contributed by atoms with Crippen LogP contribution in [-0.2, 0) is 14.6 Å². The number of nitrogens with zero attached hydrogens (tertiary/aromatic N) is 1. The van der Waals surface area contributed by atoms with Gasteiger partial charge in [0.15, 0.2) is 0 Å². The third-order valence-corrected chi connectivity index (χ3v) is 8.96. The highest BCUT2D eigenvalue weighted by Gasteiger charge is 2.41. The third-order valence-electron chi connectivity index (χ3n) is 8.51. The van der Waals surface area contributed by atoms with E-state index in [1.54, 1.807) is 0 Å². The minimum atomic E-state index is -4.48. The lowest BCUT2D eigenvalue weighted by atomic mass is 9.85. The summed E-state index contributed by atoms with van der Waals surface area (Å²) >= 11 is 0. The Morgan fingerprint density at radius 1 is 0.647 bits per heavy atom. The van der Waals surface area contributed by atoms with E-state index in [1.807, 2.05) is 0 Å². The average Bonchev–Trinajstić information content (AvgIpc) is 2.85. The zero-order valence-electron chi connectivity index (χ0n) is 22.9. The van der Waals surface area contributed by atoms with Crippen molar-refractivity contribution in [2.24, 2.45) is 0 Å². The van der Waals surface area contributed by atoms with Crippen molar-refractivity contribution in [2.45, 2.75) is 161 Å². The Bertz CT molecular complexity index is 545. The van der Waals surface area contributed by atoms with Gasteiger partial charge in [-0.25, -0.2) is 8.42 Å². The van der Waals surface area contributed by atoms with Crippen LogP contribution in [0.4, 0.5) is 0 Å². The van der Waals surface area contributed by atoms with E-state index in [0.717, 1.165) is 24.9 Å². The molecule has 0 aromatic heterocycles. The highest BCUT2D eigenvalue weighted by molar-refractivity contribution is 7.80. The molecule has 0 radical (unpaired) electrons. The van der Waals surface area contributed by atoms with Gasteiger partial charge in [0.1, 0.15) is 0 Å². The van der Waals surface area contributed by atoms with Crippen LogP contribution in [0, 0.1) is 0 Å². The van der Waals surface area contributed by atoms with E-state index in [9.17, 15) is 13.0 Å². The minimum Gasteiger partial charge on any atom is -0.726 e. The number of hydrogen-bond donors (Lipinski definition) is 0. The molecule has 0 atom stereocenters. The topological polar surface area (TPSA) is 66.4 Å². The summed E-state index contributed by atoms with van der Waals surface area (Å²) in [5, 5.41) is 0. The van der Waals surface area contributed by atoms with E-state index in [1.165, 1.54) is 127 Å². The van der Waals surface area contributed by atoms with Crippen molar-refractivity contribution >= 4 is 10.4 Å². The molecule has 0 spiro atoms. The molecule has 2 fully saturated rings. The lowest BCUT2D eigenvalue weighted by molar-refractivity contribution is -0.972. The second-order valence-electron chi connectivity index (χ2n) is 10.7. The largest absolute Gasteiger partial charge is 0.726 e. The molecule has 2 aliphatic rings. The third kappa shape index (κ3) is 13.2. The van der Waals surface area contributed by atoms with Gasteiger partial charge in [-0.1, -0.05) is 77.6 Å². The molecule has 2 saturated carbocycles. The molecule has 0 unspecified atom stereocenters. The molecule has 0 amide bonds. The summed E-state index contributed by atoms with van der Waals surface area (Å²) in [6.07, 6.45) is 26.7. The van der Waals surface area contributed by atoms with Crippen LogP contribution in [0.15, 0.2) is 0 Å². The van der Waals surface area contributed by atoms with E-state index in [2.05, 4.69) is 25.0 Å². The Kier molecular flexibility index (Phi) is 17.8. The Hall–Kier alpha value is -0.170. The number of unbranched alkanes of at least 4 members (excludes halogenated alkanes) is 9. The first-order chi connectivity index (χ1) is 16.4. The van der Waals surface area contributed by atoms with Crippen LogP contribution in [0.1, 0.15) is 149 Å². The van der Waals surface area contributed by atoms with Crippen LogP contribution in [0.5, 0.6) is 0 Å². The van der Waals surface area contributed by atoms with Crippen LogP contribution in [0.3, 0.4) is 0 Å². The molecule has 0 heterocycles. The molecule has 2 rings (SSSR count). The zero-order chi connectivity index (χ0) is 25.1. The maximum Gasteiger partial charge on any atom is 0.217 e. The molecule has 204 valence electrons. The molecule has 0 saturated heterocycles. The molecule has 0 aromatic carbocycles. The van der Waals surface area contributed by atoms with Gasteiger partial charge < -0.3 is 9.04 Å². The fraction of sp³-hybridized carbons (Fsp3) is 1.00. The van der Waals surface area contributed by atoms with Crippen LogP contribution in [0.25, 0.3) is 0 Å². The van der Waals surface area contributed by atoms with Gasteiger partial charge in [-0.15, -0.1) is 0 Å². The maximum absolute atomic E-state index is 10.1. The summed E-state index contributed by atoms with van der Waals surface area (Å²) in [4.78, 5) is 0. The van der Waals surface area contributed by atoms with E-state index < -0.39 is 10.4 Å². The zero-order valence-corrected chi connectivity index (χ0v) is 23.7. The molecule has 0 aliphatic heterocycles. The van der Waals surface area contributed by atoms with E-state index in [-0.39, 0.29) is 6.61 Å². The van der Waals surface area contributed by atoms with Crippen LogP contribution < -0.4 is 0 Å². The second-order valence-corrected chi connectivity index (χ2v) is 11.8. The van der Waals surface area contributed by atoms with Gasteiger partial charge in [-0.2, -0.15) is 0 Å². The molecular formula is C28H57NO4S. The molecule has 2 aliphatic carbocycles. The molecule has 0 aromatic rings. The highest BCUT2D eigenvalue weighted by Crippen LogP contribution is 2.36. The van der Waals surface area contributed by atoms with Crippen molar-refractivity contribution in [2.75, 3.05) is 19.7 Å². The van der Waals surface area contributed by atoms with Gasteiger partial charge in [-0.3, -0.25) is 4.18 Å². The predicted molar refractivity (Wildman–Crippen MR) is 143 cm³/mol. The molecule has 5 nitrogen and oxygen atoms in total. The first kappa shape index (κ1) is 31.9. The summed E-state index contributed by atoms with van der Waals surface area (Å²) in [6, 6.07) is 2.00. The summed E-state index contributed by atoms with van der Waals surface area (Å²) in [5.74, 6) is 0. The number of quaternary nitrogens is 1. The van der Waals surface area contributed by atoms with Crippen molar-refractivity contribution in [3.63, 3.8) is 0 Å². The molecule has 6 heteroatoms. The lowest BCUT2D eigenvalue weighted by Gasteiger charge is -2.51. The minimum absolute atomic E-state index is 0.0301. The maximum atomic E-state index is 10.1.